The molecule has 0 saturated heterocycles. The van der Waals surface area contributed by atoms with Gasteiger partial charge in [0.15, 0.2) is 12.4 Å². The third-order valence-electron chi connectivity index (χ3n) is 5.79. The number of aryl methyl sites for hydroxylation is 1. The molecule has 1 amide bonds. The van der Waals surface area contributed by atoms with Gasteiger partial charge in [-0.2, -0.15) is 8.42 Å². The number of unbranched alkanes of at least 4 members (excludes halogenated alkanes) is 13. The van der Waals surface area contributed by atoms with Gasteiger partial charge in [-0.15, -0.1) is 0 Å². The highest BCUT2D eigenvalue weighted by molar-refractivity contribution is 7.85. The molecule has 6 nitrogen and oxygen atoms in total. The fourth-order valence-electron chi connectivity index (χ4n) is 3.81. The average Bonchev–Trinajstić information content (AvgIpc) is 2.76. The van der Waals surface area contributed by atoms with Crippen LogP contribution in [0.1, 0.15) is 114 Å². The Morgan fingerprint density at radius 2 is 1.28 bits per heavy atom. The van der Waals surface area contributed by atoms with Crippen LogP contribution < -0.4 is 9.88 Å². The molecule has 0 unspecified atom stereocenters. The molecule has 32 heavy (non-hydrogen) atoms. The van der Waals surface area contributed by atoms with E-state index in [2.05, 4.69) is 12.2 Å². The lowest BCUT2D eigenvalue weighted by molar-refractivity contribution is -0.696. The van der Waals surface area contributed by atoms with Crippen LogP contribution in [0.4, 0.5) is 0 Å². The van der Waals surface area contributed by atoms with Crippen molar-refractivity contribution in [2.75, 3.05) is 12.3 Å². The number of amides is 1. The topological polar surface area (TPSA) is 87.4 Å². The van der Waals surface area contributed by atoms with E-state index in [9.17, 15) is 13.2 Å². The van der Waals surface area contributed by atoms with E-state index in [4.69, 9.17) is 4.55 Å². The molecule has 0 aliphatic heterocycles. The Bertz CT molecular complexity index is 705. The zero-order valence-corrected chi connectivity index (χ0v) is 20.9. The zero-order chi connectivity index (χ0) is 23.5. The molecular formula is C25H45N2O4S+. The number of nitrogens with zero attached hydrogens (tertiary/aromatic N) is 1. The summed E-state index contributed by atoms with van der Waals surface area (Å²) in [6.45, 7) is 3.43. The quantitative estimate of drug-likeness (QED) is 0.151. The molecule has 1 heterocycles. The largest absolute Gasteiger partial charge is 0.352 e. The number of pyridine rings is 1. The molecule has 0 aromatic carbocycles. The summed E-state index contributed by atoms with van der Waals surface area (Å²) in [7, 11) is -3.92. The van der Waals surface area contributed by atoms with Crippen molar-refractivity contribution in [2.45, 2.75) is 110 Å². The summed E-state index contributed by atoms with van der Waals surface area (Å²) in [5, 5.41) is 2.96. The minimum Gasteiger partial charge on any atom is -0.352 e. The van der Waals surface area contributed by atoms with Crippen molar-refractivity contribution < 1.29 is 22.3 Å². The van der Waals surface area contributed by atoms with Crippen LogP contribution in [0.5, 0.6) is 0 Å². The molecule has 0 bridgehead atoms. The van der Waals surface area contributed by atoms with Gasteiger partial charge in [-0.3, -0.25) is 9.35 Å². The van der Waals surface area contributed by atoms with E-state index in [0.29, 0.717) is 25.1 Å². The Morgan fingerprint density at radius 1 is 0.812 bits per heavy atom. The summed E-state index contributed by atoms with van der Waals surface area (Å²) in [6, 6.07) is 3.46. The second-order valence-corrected chi connectivity index (χ2v) is 10.4. The maximum absolute atomic E-state index is 12.2. The van der Waals surface area contributed by atoms with Crippen LogP contribution in [0.15, 0.2) is 24.5 Å². The first-order chi connectivity index (χ1) is 15.4. The first-order valence-corrected chi connectivity index (χ1v) is 14.3. The maximum Gasteiger partial charge on any atom is 0.265 e. The van der Waals surface area contributed by atoms with Crippen molar-refractivity contribution in [3.8, 4) is 0 Å². The Hall–Kier alpha value is -1.47. The van der Waals surface area contributed by atoms with E-state index in [-0.39, 0.29) is 11.7 Å². The molecule has 0 atom stereocenters. The van der Waals surface area contributed by atoms with Crippen LogP contribution in [0, 0.1) is 0 Å². The SMILES string of the molecule is CCCCCCCCCCCCCCCCNC(=O)c1cc[n+](CCCS(=O)(=O)O)cc1. The second kappa shape index (κ2) is 18.0. The van der Waals surface area contributed by atoms with Crippen LogP contribution in [0.25, 0.3) is 0 Å². The summed E-state index contributed by atoms with van der Waals surface area (Å²) in [5.41, 5.74) is 0.599. The molecule has 2 N–H and O–H groups in total. The Labute approximate surface area is 195 Å². The summed E-state index contributed by atoms with van der Waals surface area (Å²) in [4.78, 5) is 12.2. The average molecular weight is 470 g/mol. The molecule has 1 aromatic rings. The van der Waals surface area contributed by atoms with E-state index in [1.807, 2.05) is 0 Å². The minimum absolute atomic E-state index is 0.0789. The van der Waals surface area contributed by atoms with Crippen molar-refractivity contribution >= 4 is 16.0 Å². The van der Waals surface area contributed by atoms with Gasteiger partial charge in [-0.25, -0.2) is 4.57 Å². The Kier molecular flexibility index (Phi) is 16.1. The van der Waals surface area contributed by atoms with Crippen molar-refractivity contribution in [2.24, 2.45) is 0 Å². The number of rotatable bonds is 20. The van der Waals surface area contributed by atoms with Crippen LogP contribution in [-0.2, 0) is 16.7 Å². The number of nitrogens with one attached hydrogen (secondary N) is 1. The highest BCUT2D eigenvalue weighted by Gasteiger charge is 2.10. The van der Waals surface area contributed by atoms with E-state index in [1.165, 1.54) is 77.0 Å². The summed E-state index contributed by atoms with van der Waals surface area (Å²) in [5.74, 6) is -0.341. The lowest BCUT2D eigenvalue weighted by Crippen LogP contribution is -2.34. The number of hydrogen-bond donors (Lipinski definition) is 2. The van der Waals surface area contributed by atoms with Crippen molar-refractivity contribution in [3.05, 3.63) is 30.1 Å². The Morgan fingerprint density at radius 3 is 1.75 bits per heavy atom. The molecule has 0 saturated carbocycles. The number of carbonyl (C=O) groups is 1. The molecule has 0 fully saturated rings. The first kappa shape index (κ1) is 28.6. The number of aromatic nitrogens is 1. The van der Waals surface area contributed by atoms with E-state index >= 15 is 0 Å². The van der Waals surface area contributed by atoms with Crippen LogP contribution in [0.2, 0.25) is 0 Å². The second-order valence-electron chi connectivity index (χ2n) is 8.82. The number of hydrogen-bond acceptors (Lipinski definition) is 3. The van der Waals surface area contributed by atoms with Gasteiger partial charge >= 0.3 is 0 Å². The van der Waals surface area contributed by atoms with Crippen LogP contribution in [0.3, 0.4) is 0 Å². The zero-order valence-electron chi connectivity index (χ0n) is 20.1. The number of carbonyl (C=O) groups excluding carboxylic acids is 1. The predicted octanol–water partition coefficient (Wildman–Crippen LogP) is 5.46. The molecule has 0 spiro atoms. The van der Waals surface area contributed by atoms with Gasteiger partial charge in [0.25, 0.3) is 16.0 Å². The first-order valence-electron chi connectivity index (χ1n) is 12.6. The van der Waals surface area contributed by atoms with E-state index in [0.717, 1.165) is 12.8 Å². The lowest BCUT2D eigenvalue weighted by Gasteiger charge is -2.05. The third kappa shape index (κ3) is 16.2. The molecule has 184 valence electrons. The van der Waals surface area contributed by atoms with Gasteiger partial charge in [0.1, 0.15) is 6.54 Å². The highest BCUT2D eigenvalue weighted by Crippen LogP contribution is 2.12. The van der Waals surface area contributed by atoms with Gasteiger partial charge in [-0.1, -0.05) is 90.4 Å². The fourth-order valence-corrected chi connectivity index (χ4v) is 4.30. The van der Waals surface area contributed by atoms with Gasteiger partial charge in [0.2, 0.25) is 0 Å². The van der Waals surface area contributed by atoms with Gasteiger partial charge in [0.05, 0.1) is 11.3 Å². The maximum atomic E-state index is 12.2. The molecule has 0 aliphatic carbocycles. The van der Waals surface area contributed by atoms with Crippen molar-refractivity contribution in [1.29, 1.82) is 0 Å². The van der Waals surface area contributed by atoms with Gasteiger partial charge in [0, 0.05) is 25.1 Å². The minimum atomic E-state index is -3.92. The molecule has 1 rings (SSSR count). The normalized spacial score (nSPS) is 11.6. The standard InChI is InChI=1S/C25H44N2O4S/c1-2-3-4-5-6-7-8-9-10-11-12-13-14-15-19-26-25(28)24-17-21-27(22-18-24)20-16-23-32(29,30)31/h17-18,21-22H,2-16,19-20,23H2,1H3,(H-,26,28,29,30,31)/p+1. The smallest absolute Gasteiger partial charge is 0.265 e. The van der Waals surface area contributed by atoms with Gasteiger partial charge < -0.3 is 5.32 Å². The van der Waals surface area contributed by atoms with Gasteiger partial charge in [-0.05, 0) is 6.42 Å². The highest BCUT2D eigenvalue weighted by atomic mass is 32.2. The van der Waals surface area contributed by atoms with E-state index in [1.54, 1.807) is 29.1 Å². The fraction of sp³-hybridized carbons (Fsp3) is 0.760. The molecule has 0 aliphatic rings. The lowest BCUT2D eigenvalue weighted by atomic mass is 10.0. The van der Waals surface area contributed by atoms with Crippen molar-refractivity contribution in [1.82, 2.24) is 5.32 Å². The van der Waals surface area contributed by atoms with E-state index < -0.39 is 10.1 Å². The summed E-state index contributed by atoms with van der Waals surface area (Å²) < 4.78 is 32.0. The molecule has 1 aromatic heterocycles. The third-order valence-corrected chi connectivity index (χ3v) is 6.59. The van der Waals surface area contributed by atoms with Crippen molar-refractivity contribution in [3.63, 3.8) is 0 Å². The summed E-state index contributed by atoms with van der Waals surface area (Å²) >= 11 is 0. The van der Waals surface area contributed by atoms with Crippen LogP contribution in [-0.4, -0.2) is 31.2 Å². The predicted molar refractivity (Wildman–Crippen MR) is 130 cm³/mol. The summed E-state index contributed by atoms with van der Waals surface area (Å²) in [6.07, 6.45) is 22.3. The molecule has 7 heteroatoms. The molecular weight excluding hydrogens is 424 g/mol. The monoisotopic (exact) mass is 469 g/mol. The molecule has 0 radical (unpaired) electrons. The van der Waals surface area contributed by atoms with Crippen LogP contribution >= 0.6 is 0 Å². The Balaban J connectivity index is 1.97.